The molecule has 0 fully saturated rings. The summed E-state index contributed by atoms with van der Waals surface area (Å²) in [5.41, 5.74) is 5.06. The molecule has 5 heteroatoms. The van der Waals surface area contributed by atoms with Crippen LogP contribution in [-0.2, 0) is 4.79 Å². The van der Waals surface area contributed by atoms with Crippen molar-refractivity contribution in [3.05, 3.63) is 0 Å². The average molecular weight is 155 g/mol. The molecule has 0 rings (SSSR count). The lowest BCUT2D eigenvalue weighted by Crippen LogP contribution is -2.41. The second-order valence-electron chi connectivity index (χ2n) is 1.40. The number of aliphatic hydroxyl groups is 1. The first kappa shape index (κ1) is 11.5. The highest BCUT2D eigenvalue weighted by Crippen LogP contribution is 1.71. The number of nitrogens with one attached hydrogen (secondary N) is 1. The highest BCUT2D eigenvalue weighted by Gasteiger charge is 2.07. The molecule has 0 radical (unpaired) electrons. The molecule has 0 saturated carbocycles. The van der Waals surface area contributed by atoms with Crippen molar-refractivity contribution in [3.8, 4) is 0 Å². The van der Waals surface area contributed by atoms with Gasteiger partial charge in [0, 0.05) is 7.05 Å². The van der Waals surface area contributed by atoms with E-state index in [9.17, 15) is 4.79 Å². The molecule has 0 spiro atoms. The van der Waals surface area contributed by atoms with Gasteiger partial charge in [-0.05, 0) is 0 Å². The molecule has 0 heterocycles. The quantitative estimate of drug-likeness (QED) is 0.452. The number of carbonyl (C=O) groups is 1. The number of amides is 1. The lowest BCUT2D eigenvalue weighted by atomic mass is 10.3. The molecule has 0 aromatic heterocycles. The van der Waals surface area contributed by atoms with Crippen LogP contribution in [0.2, 0.25) is 0 Å². The predicted molar refractivity (Wildman–Crippen MR) is 36.4 cm³/mol. The van der Waals surface area contributed by atoms with Crippen LogP contribution in [0.15, 0.2) is 0 Å². The zero-order valence-corrected chi connectivity index (χ0v) is 5.94. The van der Waals surface area contributed by atoms with Gasteiger partial charge in [0.1, 0.15) is 6.04 Å². The van der Waals surface area contributed by atoms with Gasteiger partial charge < -0.3 is 16.2 Å². The van der Waals surface area contributed by atoms with Crippen LogP contribution in [0.1, 0.15) is 0 Å². The zero-order valence-electron chi connectivity index (χ0n) is 5.13. The van der Waals surface area contributed by atoms with Crippen molar-refractivity contribution in [1.29, 1.82) is 0 Å². The maximum absolute atomic E-state index is 10.3. The van der Waals surface area contributed by atoms with Gasteiger partial charge in [-0.25, -0.2) is 0 Å². The molecule has 0 aliphatic heterocycles. The van der Waals surface area contributed by atoms with Crippen LogP contribution in [0, 0.1) is 0 Å². The summed E-state index contributed by atoms with van der Waals surface area (Å²) in [5, 5.41) is 10.5. The predicted octanol–water partition coefficient (Wildman–Crippen LogP) is -1.53. The Morgan fingerprint density at radius 1 is 1.89 bits per heavy atom. The minimum absolute atomic E-state index is 0. The van der Waals surface area contributed by atoms with E-state index in [1.165, 1.54) is 7.05 Å². The van der Waals surface area contributed by atoms with E-state index in [4.69, 9.17) is 10.8 Å². The molecule has 0 saturated heterocycles. The number of hydrogen-bond donors (Lipinski definition) is 3. The fourth-order valence-corrected chi connectivity index (χ4v) is 0.268. The van der Waals surface area contributed by atoms with Gasteiger partial charge in [0.05, 0.1) is 6.61 Å². The van der Waals surface area contributed by atoms with Crippen LogP contribution >= 0.6 is 12.4 Å². The minimum atomic E-state index is -0.778. The maximum atomic E-state index is 10.3. The Bertz CT molecular complexity index is 88.6. The average Bonchev–Trinajstić information content (AvgIpc) is 1.84. The number of rotatable bonds is 2. The van der Waals surface area contributed by atoms with E-state index in [-0.39, 0.29) is 24.9 Å². The van der Waals surface area contributed by atoms with Crippen LogP contribution in [0.3, 0.4) is 0 Å². The molecule has 56 valence electrons. The van der Waals surface area contributed by atoms with E-state index in [0.29, 0.717) is 0 Å². The molecule has 0 aliphatic rings. The lowest BCUT2D eigenvalue weighted by Gasteiger charge is -2.03. The van der Waals surface area contributed by atoms with E-state index >= 15 is 0 Å². The minimum Gasteiger partial charge on any atom is -0.394 e. The Kier molecular flexibility index (Phi) is 7.41. The van der Waals surface area contributed by atoms with Crippen molar-refractivity contribution >= 4 is 18.3 Å². The fraction of sp³-hybridized carbons (Fsp3) is 0.750. The third kappa shape index (κ3) is 4.20. The second kappa shape index (κ2) is 5.81. The Hall–Kier alpha value is -0.320. The summed E-state index contributed by atoms with van der Waals surface area (Å²) in [6.07, 6.45) is 0. The summed E-state index contributed by atoms with van der Waals surface area (Å²) >= 11 is 0. The molecule has 4 N–H and O–H groups in total. The molecule has 0 aromatic rings. The Morgan fingerprint density at radius 3 is 2.44 bits per heavy atom. The van der Waals surface area contributed by atoms with Crippen molar-refractivity contribution in [3.63, 3.8) is 0 Å². The van der Waals surface area contributed by atoms with Gasteiger partial charge in [-0.15, -0.1) is 12.4 Å². The molecule has 4 nitrogen and oxygen atoms in total. The van der Waals surface area contributed by atoms with Crippen molar-refractivity contribution in [2.45, 2.75) is 6.04 Å². The molecule has 0 aromatic carbocycles. The Labute approximate surface area is 59.8 Å². The highest BCUT2D eigenvalue weighted by atomic mass is 35.5. The van der Waals surface area contributed by atoms with Gasteiger partial charge in [-0.1, -0.05) is 0 Å². The number of carbonyl (C=O) groups excluding carboxylic acids is 1. The monoisotopic (exact) mass is 154 g/mol. The van der Waals surface area contributed by atoms with E-state index in [1.807, 2.05) is 0 Å². The third-order valence-electron chi connectivity index (χ3n) is 0.780. The summed E-state index contributed by atoms with van der Waals surface area (Å²) < 4.78 is 0. The smallest absolute Gasteiger partial charge is 0.239 e. The molecular weight excluding hydrogens is 144 g/mol. The molecule has 9 heavy (non-hydrogen) atoms. The number of hydrogen-bond acceptors (Lipinski definition) is 3. The van der Waals surface area contributed by atoms with Crippen LogP contribution in [0.25, 0.3) is 0 Å². The normalized spacial score (nSPS) is 11.4. The van der Waals surface area contributed by atoms with Crippen molar-refractivity contribution < 1.29 is 9.90 Å². The van der Waals surface area contributed by atoms with Gasteiger partial charge in [-0.2, -0.15) is 0 Å². The van der Waals surface area contributed by atoms with Gasteiger partial charge in [0.25, 0.3) is 0 Å². The first-order chi connectivity index (χ1) is 3.72. The van der Waals surface area contributed by atoms with Crippen LogP contribution in [0.4, 0.5) is 0 Å². The summed E-state index contributed by atoms with van der Waals surface area (Å²) in [4.78, 5) is 10.3. The molecule has 0 unspecified atom stereocenters. The number of aliphatic hydroxyl groups excluding tert-OH is 1. The first-order valence-electron chi connectivity index (χ1n) is 2.30. The van der Waals surface area contributed by atoms with Crippen LogP contribution < -0.4 is 11.1 Å². The summed E-state index contributed by atoms with van der Waals surface area (Å²) in [6, 6.07) is -0.778. The number of likely N-dealkylation sites (N-methyl/N-ethyl adjacent to an activating group) is 1. The second-order valence-corrected chi connectivity index (χ2v) is 1.40. The maximum Gasteiger partial charge on any atom is 0.239 e. The Morgan fingerprint density at radius 2 is 2.33 bits per heavy atom. The molecule has 0 aliphatic carbocycles. The lowest BCUT2D eigenvalue weighted by molar-refractivity contribution is -0.122. The van der Waals surface area contributed by atoms with Gasteiger partial charge in [0.2, 0.25) is 5.91 Å². The van der Waals surface area contributed by atoms with E-state index < -0.39 is 6.04 Å². The first-order valence-corrected chi connectivity index (χ1v) is 2.30. The summed E-state index contributed by atoms with van der Waals surface area (Å²) in [5.74, 6) is -0.340. The van der Waals surface area contributed by atoms with Crippen molar-refractivity contribution in [2.24, 2.45) is 5.73 Å². The fourth-order valence-electron chi connectivity index (χ4n) is 0.268. The largest absolute Gasteiger partial charge is 0.394 e. The zero-order chi connectivity index (χ0) is 6.57. The molecule has 1 amide bonds. The van der Waals surface area contributed by atoms with E-state index in [2.05, 4.69) is 5.32 Å². The standard InChI is InChI=1S/C4H10N2O2.ClH/c1-6-4(8)3(5)2-7;/h3,7H,2,5H2,1H3,(H,6,8);1H/t3-;/m0./s1. The summed E-state index contributed by atoms with van der Waals surface area (Å²) in [6.45, 7) is -0.306. The van der Waals surface area contributed by atoms with Crippen molar-refractivity contribution in [2.75, 3.05) is 13.7 Å². The molecule has 0 bridgehead atoms. The van der Waals surface area contributed by atoms with Crippen LogP contribution in [0.5, 0.6) is 0 Å². The summed E-state index contributed by atoms with van der Waals surface area (Å²) in [7, 11) is 1.47. The third-order valence-corrected chi connectivity index (χ3v) is 0.780. The van der Waals surface area contributed by atoms with E-state index in [1.54, 1.807) is 0 Å². The van der Waals surface area contributed by atoms with Gasteiger partial charge >= 0.3 is 0 Å². The number of nitrogens with two attached hydrogens (primary N) is 1. The highest BCUT2D eigenvalue weighted by molar-refractivity contribution is 5.85. The molecule has 1 atom stereocenters. The topological polar surface area (TPSA) is 75.4 Å². The van der Waals surface area contributed by atoms with Gasteiger partial charge in [0.15, 0.2) is 0 Å². The SMILES string of the molecule is CNC(=O)[C@@H](N)CO.Cl. The van der Waals surface area contributed by atoms with E-state index in [0.717, 1.165) is 0 Å². The Balaban J connectivity index is 0. The van der Waals surface area contributed by atoms with Gasteiger partial charge in [-0.3, -0.25) is 4.79 Å². The number of halogens is 1. The molecular formula is C4H11ClN2O2. The van der Waals surface area contributed by atoms with Crippen molar-refractivity contribution in [1.82, 2.24) is 5.32 Å². The van der Waals surface area contributed by atoms with Crippen LogP contribution in [-0.4, -0.2) is 30.7 Å².